The van der Waals surface area contributed by atoms with Crippen molar-refractivity contribution in [2.75, 3.05) is 37.5 Å². The third-order valence-corrected chi connectivity index (χ3v) is 7.12. The fraction of sp³-hybridized carbons (Fsp3) is 0.296. The Balaban J connectivity index is 1.54. The number of ether oxygens (including phenoxy) is 1. The highest BCUT2D eigenvalue weighted by molar-refractivity contribution is 5.92. The second-order valence-corrected chi connectivity index (χ2v) is 8.87. The predicted octanol–water partition coefficient (Wildman–Crippen LogP) is 4.91. The van der Waals surface area contributed by atoms with E-state index >= 15 is 0 Å². The standard InChI is InChI=1S/C27H28FN3O3/c1-30-23-11-10-18(17-6-5-7-19(28)14-17)15-21(23)26-20(24(30)16-32)12-13-31(26)27(33)29-22-8-3-4-9-25(22)34-2/h3-11,14-15,20,24,26,32H,12-13,16H2,1-2H3,(H,29,33)/t20-,24-,26-/m1/s1. The number of fused-ring (bicyclic) bond motifs is 3. The number of rotatable bonds is 4. The lowest BCUT2D eigenvalue weighted by Crippen LogP contribution is -2.48. The zero-order valence-electron chi connectivity index (χ0n) is 19.2. The zero-order valence-corrected chi connectivity index (χ0v) is 19.2. The third kappa shape index (κ3) is 3.76. The number of anilines is 2. The molecule has 7 heteroatoms. The number of para-hydroxylation sites is 2. The summed E-state index contributed by atoms with van der Waals surface area (Å²) in [6, 6.07) is 19.4. The highest BCUT2D eigenvalue weighted by atomic mass is 19.1. The Bertz CT molecular complexity index is 1220. The first-order valence-corrected chi connectivity index (χ1v) is 11.5. The van der Waals surface area contributed by atoms with Gasteiger partial charge in [0.1, 0.15) is 11.6 Å². The molecule has 2 N–H and O–H groups in total. The summed E-state index contributed by atoms with van der Waals surface area (Å²) >= 11 is 0. The number of urea groups is 1. The summed E-state index contributed by atoms with van der Waals surface area (Å²) in [5.74, 6) is 0.384. The molecular weight excluding hydrogens is 433 g/mol. The average Bonchev–Trinajstić information content (AvgIpc) is 3.30. The third-order valence-electron chi connectivity index (χ3n) is 7.12. The van der Waals surface area contributed by atoms with Crippen molar-refractivity contribution >= 4 is 17.4 Å². The second kappa shape index (κ2) is 8.99. The number of halogens is 1. The van der Waals surface area contributed by atoms with Crippen LogP contribution in [-0.4, -0.2) is 49.4 Å². The molecule has 3 aromatic carbocycles. The number of benzene rings is 3. The van der Waals surface area contributed by atoms with Gasteiger partial charge in [-0.1, -0.05) is 30.3 Å². The number of methoxy groups -OCH3 is 1. The molecule has 2 aliphatic heterocycles. The minimum atomic E-state index is -0.288. The molecule has 2 aliphatic rings. The predicted molar refractivity (Wildman–Crippen MR) is 131 cm³/mol. The lowest BCUT2D eigenvalue weighted by atomic mass is 9.81. The van der Waals surface area contributed by atoms with Crippen molar-refractivity contribution < 1.29 is 19.0 Å². The quantitative estimate of drug-likeness (QED) is 0.580. The van der Waals surface area contributed by atoms with Gasteiger partial charge >= 0.3 is 6.03 Å². The Morgan fingerprint density at radius 2 is 1.91 bits per heavy atom. The molecule has 0 radical (unpaired) electrons. The van der Waals surface area contributed by atoms with Crippen LogP contribution >= 0.6 is 0 Å². The highest BCUT2D eigenvalue weighted by Gasteiger charge is 2.47. The van der Waals surface area contributed by atoms with Crippen LogP contribution in [0.4, 0.5) is 20.6 Å². The second-order valence-electron chi connectivity index (χ2n) is 8.87. The van der Waals surface area contributed by atoms with E-state index < -0.39 is 0 Å². The van der Waals surface area contributed by atoms with Crippen molar-refractivity contribution in [2.24, 2.45) is 5.92 Å². The Kier molecular flexibility index (Phi) is 5.87. The minimum absolute atomic E-state index is 0.00468. The molecule has 0 unspecified atom stereocenters. The van der Waals surface area contributed by atoms with Crippen LogP contribution in [0.15, 0.2) is 66.7 Å². The zero-order chi connectivity index (χ0) is 23.8. The van der Waals surface area contributed by atoms with Crippen LogP contribution in [0.5, 0.6) is 5.75 Å². The minimum Gasteiger partial charge on any atom is -0.495 e. The van der Waals surface area contributed by atoms with Crippen molar-refractivity contribution in [3.05, 3.63) is 78.1 Å². The number of nitrogens with one attached hydrogen (secondary N) is 1. The molecule has 3 atom stereocenters. The molecule has 5 rings (SSSR count). The SMILES string of the molecule is COc1ccccc1NC(=O)N1CC[C@@H]2[C@@H](CO)N(C)c3ccc(-c4cccc(F)c4)cc3[C@@H]21. The van der Waals surface area contributed by atoms with Crippen molar-refractivity contribution in [3.8, 4) is 16.9 Å². The van der Waals surface area contributed by atoms with Crippen LogP contribution in [0.2, 0.25) is 0 Å². The Morgan fingerprint density at radius 3 is 2.68 bits per heavy atom. The molecule has 0 aliphatic carbocycles. The van der Waals surface area contributed by atoms with Crippen LogP contribution in [0.1, 0.15) is 18.0 Å². The molecule has 34 heavy (non-hydrogen) atoms. The molecule has 1 saturated heterocycles. The molecule has 2 amide bonds. The van der Waals surface area contributed by atoms with E-state index in [1.807, 2.05) is 48.3 Å². The Morgan fingerprint density at radius 1 is 1.12 bits per heavy atom. The van der Waals surface area contributed by atoms with Gasteiger partial charge in [0.25, 0.3) is 0 Å². The Labute approximate surface area is 198 Å². The lowest BCUT2D eigenvalue weighted by Gasteiger charge is -2.44. The molecule has 2 heterocycles. The first-order chi connectivity index (χ1) is 16.5. The molecule has 0 aromatic heterocycles. The van der Waals surface area contributed by atoms with Gasteiger partial charge in [-0.15, -0.1) is 0 Å². The molecule has 1 fully saturated rings. The number of aliphatic hydroxyl groups is 1. The summed E-state index contributed by atoms with van der Waals surface area (Å²) in [6.07, 6.45) is 0.781. The van der Waals surface area contributed by atoms with Crippen LogP contribution in [0.25, 0.3) is 11.1 Å². The number of hydrogen-bond acceptors (Lipinski definition) is 4. The van der Waals surface area contributed by atoms with Gasteiger partial charge in [0.15, 0.2) is 0 Å². The van der Waals surface area contributed by atoms with Crippen LogP contribution < -0.4 is 15.0 Å². The lowest BCUT2D eigenvalue weighted by molar-refractivity contribution is 0.168. The summed E-state index contributed by atoms with van der Waals surface area (Å²) in [6.45, 7) is 0.578. The van der Waals surface area contributed by atoms with E-state index in [-0.39, 0.29) is 36.5 Å². The van der Waals surface area contributed by atoms with E-state index in [4.69, 9.17) is 4.74 Å². The molecule has 0 saturated carbocycles. The molecule has 176 valence electrons. The van der Waals surface area contributed by atoms with E-state index in [1.165, 1.54) is 12.1 Å². The van der Waals surface area contributed by atoms with Gasteiger partial charge < -0.3 is 25.0 Å². The maximum atomic E-state index is 13.9. The Hall–Kier alpha value is -3.58. The topological polar surface area (TPSA) is 65.0 Å². The average molecular weight is 462 g/mol. The van der Waals surface area contributed by atoms with Crippen LogP contribution in [-0.2, 0) is 0 Å². The summed E-state index contributed by atoms with van der Waals surface area (Å²) in [5.41, 5.74) is 4.27. The highest BCUT2D eigenvalue weighted by Crippen LogP contribution is 2.49. The van der Waals surface area contributed by atoms with Gasteiger partial charge in [0.2, 0.25) is 0 Å². The summed E-state index contributed by atoms with van der Waals surface area (Å²) < 4.78 is 19.3. The number of amides is 2. The van der Waals surface area contributed by atoms with Gasteiger partial charge in [-0.05, 0) is 59.5 Å². The summed E-state index contributed by atoms with van der Waals surface area (Å²) in [5, 5.41) is 13.2. The van der Waals surface area contributed by atoms with E-state index in [9.17, 15) is 14.3 Å². The van der Waals surface area contributed by atoms with E-state index in [0.717, 1.165) is 28.8 Å². The molecular formula is C27H28FN3O3. The van der Waals surface area contributed by atoms with Crippen molar-refractivity contribution in [2.45, 2.75) is 18.5 Å². The largest absolute Gasteiger partial charge is 0.495 e. The van der Waals surface area contributed by atoms with Crippen LogP contribution in [0, 0.1) is 11.7 Å². The maximum absolute atomic E-state index is 13.9. The molecule has 6 nitrogen and oxygen atoms in total. The monoisotopic (exact) mass is 461 g/mol. The maximum Gasteiger partial charge on any atom is 0.322 e. The van der Waals surface area contributed by atoms with E-state index in [2.05, 4.69) is 16.3 Å². The number of carbonyl (C=O) groups excluding carboxylic acids is 1. The smallest absolute Gasteiger partial charge is 0.322 e. The number of likely N-dealkylation sites (N-methyl/N-ethyl adjacent to an activating group) is 1. The fourth-order valence-corrected chi connectivity index (χ4v) is 5.46. The molecule has 0 spiro atoms. The van der Waals surface area contributed by atoms with Gasteiger partial charge in [-0.2, -0.15) is 0 Å². The number of likely N-dealkylation sites (tertiary alicyclic amines) is 1. The first-order valence-electron chi connectivity index (χ1n) is 11.5. The van der Waals surface area contributed by atoms with E-state index in [1.54, 1.807) is 19.2 Å². The fourth-order valence-electron chi connectivity index (χ4n) is 5.46. The summed E-state index contributed by atoms with van der Waals surface area (Å²) in [4.78, 5) is 17.4. The number of carbonyl (C=O) groups is 1. The van der Waals surface area contributed by atoms with E-state index in [0.29, 0.717) is 18.0 Å². The van der Waals surface area contributed by atoms with Gasteiger partial charge in [-0.3, -0.25) is 0 Å². The van der Waals surface area contributed by atoms with Crippen molar-refractivity contribution in [1.82, 2.24) is 4.90 Å². The van der Waals surface area contributed by atoms with Crippen molar-refractivity contribution in [3.63, 3.8) is 0 Å². The van der Waals surface area contributed by atoms with Gasteiger partial charge in [0.05, 0.1) is 31.5 Å². The number of nitrogens with zero attached hydrogens (tertiary/aromatic N) is 2. The summed E-state index contributed by atoms with van der Waals surface area (Å²) in [7, 11) is 3.55. The van der Waals surface area contributed by atoms with Gasteiger partial charge in [-0.25, -0.2) is 9.18 Å². The molecule has 0 bridgehead atoms. The van der Waals surface area contributed by atoms with Crippen LogP contribution in [0.3, 0.4) is 0 Å². The number of hydrogen-bond donors (Lipinski definition) is 2. The van der Waals surface area contributed by atoms with Crippen molar-refractivity contribution in [1.29, 1.82) is 0 Å². The van der Waals surface area contributed by atoms with Gasteiger partial charge in [0, 0.05) is 25.2 Å². The molecule has 3 aromatic rings. The number of aliphatic hydroxyl groups excluding tert-OH is 1. The normalized spacial score (nSPS) is 21.1. The first kappa shape index (κ1) is 22.2.